The molecule has 20 heavy (non-hydrogen) atoms. The molecule has 1 aromatic heterocycles. The molecule has 0 fully saturated rings. The fourth-order valence-electron chi connectivity index (χ4n) is 1.89. The van der Waals surface area contributed by atoms with Gasteiger partial charge in [0.2, 0.25) is 0 Å². The van der Waals surface area contributed by atoms with Crippen LogP contribution in [0, 0.1) is 5.82 Å². The zero-order valence-electron chi connectivity index (χ0n) is 11.6. The van der Waals surface area contributed by atoms with E-state index in [0.29, 0.717) is 9.92 Å². The molecule has 0 bridgehead atoms. The third-order valence-electron chi connectivity index (χ3n) is 2.91. The molecule has 0 spiro atoms. The van der Waals surface area contributed by atoms with Crippen molar-refractivity contribution >= 4 is 11.8 Å². The molecule has 1 heterocycles. The first-order chi connectivity index (χ1) is 9.72. The van der Waals surface area contributed by atoms with Crippen molar-refractivity contribution < 1.29 is 4.39 Å². The van der Waals surface area contributed by atoms with Crippen molar-refractivity contribution in [1.82, 2.24) is 15.3 Å². The monoisotopic (exact) mass is 291 g/mol. The summed E-state index contributed by atoms with van der Waals surface area (Å²) >= 11 is 1.31. The van der Waals surface area contributed by atoms with Crippen molar-refractivity contribution in [3.63, 3.8) is 0 Å². The Kier molecular flexibility index (Phi) is 5.49. The molecule has 2 rings (SSSR count). The first kappa shape index (κ1) is 14.9. The van der Waals surface area contributed by atoms with Crippen molar-refractivity contribution in [2.75, 3.05) is 6.54 Å². The Bertz CT molecular complexity index is 548. The number of nitrogens with one attached hydrogen (secondary N) is 1. The summed E-state index contributed by atoms with van der Waals surface area (Å²) in [4.78, 5) is 8.82. The van der Waals surface area contributed by atoms with Crippen LogP contribution in [0.3, 0.4) is 0 Å². The van der Waals surface area contributed by atoms with E-state index in [9.17, 15) is 4.39 Å². The van der Waals surface area contributed by atoms with Crippen LogP contribution in [0.1, 0.15) is 31.9 Å². The van der Waals surface area contributed by atoms with Crippen LogP contribution in [0.5, 0.6) is 0 Å². The molecule has 2 aromatic rings. The van der Waals surface area contributed by atoms with E-state index in [2.05, 4.69) is 22.2 Å². The highest BCUT2D eigenvalue weighted by Gasteiger charge is 2.15. The number of benzene rings is 1. The Hall–Kier alpha value is -1.46. The molecular formula is C15H18FN3S. The standard InChI is InChI=1S/C15H18FN3S/c1-3-7-18-11(2)12-5-4-6-13(16)15(12)20-14-10-17-8-9-19-14/h4-6,8-11,18H,3,7H2,1-2H3. The van der Waals surface area contributed by atoms with E-state index in [1.54, 1.807) is 24.7 Å². The Morgan fingerprint density at radius 2 is 2.20 bits per heavy atom. The van der Waals surface area contributed by atoms with Crippen LogP contribution < -0.4 is 5.32 Å². The maximum absolute atomic E-state index is 14.1. The van der Waals surface area contributed by atoms with Gasteiger partial charge in [-0.2, -0.15) is 0 Å². The Morgan fingerprint density at radius 1 is 1.35 bits per heavy atom. The van der Waals surface area contributed by atoms with E-state index in [1.807, 2.05) is 13.0 Å². The lowest BCUT2D eigenvalue weighted by atomic mass is 10.1. The smallest absolute Gasteiger partial charge is 0.137 e. The zero-order chi connectivity index (χ0) is 14.4. The highest BCUT2D eigenvalue weighted by atomic mass is 32.2. The molecule has 1 N–H and O–H groups in total. The van der Waals surface area contributed by atoms with Crippen molar-refractivity contribution in [2.24, 2.45) is 0 Å². The lowest BCUT2D eigenvalue weighted by molar-refractivity contribution is 0.543. The minimum Gasteiger partial charge on any atom is -0.310 e. The normalized spacial score (nSPS) is 12.3. The van der Waals surface area contributed by atoms with Crippen molar-refractivity contribution in [2.45, 2.75) is 36.2 Å². The van der Waals surface area contributed by atoms with Crippen molar-refractivity contribution in [1.29, 1.82) is 0 Å². The van der Waals surface area contributed by atoms with Gasteiger partial charge in [-0.05, 0) is 31.5 Å². The number of hydrogen-bond donors (Lipinski definition) is 1. The van der Waals surface area contributed by atoms with Gasteiger partial charge in [0.1, 0.15) is 10.8 Å². The molecule has 1 aromatic carbocycles. The maximum atomic E-state index is 14.1. The van der Waals surface area contributed by atoms with Gasteiger partial charge in [0.05, 0.1) is 11.1 Å². The average Bonchev–Trinajstić information content (AvgIpc) is 2.48. The first-order valence-corrected chi connectivity index (χ1v) is 7.49. The Labute approximate surface area is 123 Å². The van der Waals surface area contributed by atoms with Crippen LogP contribution in [0.25, 0.3) is 0 Å². The lowest BCUT2D eigenvalue weighted by Crippen LogP contribution is -2.20. The van der Waals surface area contributed by atoms with E-state index in [4.69, 9.17) is 0 Å². The van der Waals surface area contributed by atoms with E-state index in [0.717, 1.165) is 18.5 Å². The molecule has 0 amide bonds. The second-order valence-electron chi connectivity index (χ2n) is 4.48. The summed E-state index contributed by atoms with van der Waals surface area (Å²) in [5.41, 5.74) is 0.953. The molecule has 106 valence electrons. The quantitative estimate of drug-likeness (QED) is 0.878. The predicted octanol–water partition coefficient (Wildman–Crippen LogP) is 3.83. The fourth-order valence-corrected chi connectivity index (χ4v) is 2.85. The van der Waals surface area contributed by atoms with Gasteiger partial charge in [0, 0.05) is 18.4 Å². The second kappa shape index (κ2) is 7.36. The van der Waals surface area contributed by atoms with Crippen LogP contribution in [0.15, 0.2) is 46.7 Å². The van der Waals surface area contributed by atoms with Crippen molar-refractivity contribution in [3.8, 4) is 0 Å². The molecule has 0 aliphatic heterocycles. The molecule has 5 heteroatoms. The summed E-state index contributed by atoms with van der Waals surface area (Å²) in [5, 5.41) is 4.08. The SMILES string of the molecule is CCCNC(C)c1cccc(F)c1Sc1cnccn1. The molecule has 0 aliphatic carbocycles. The first-order valence-electron chi connectivity index (χ1n) is 6.68. The molecule has 0 aliphatic rings. The van der Waals surface area contributed by atoms with Gasteiger partial charge in [0.15, 0.2) is 0 Å². The molecule has 1 unspecified atom stereocenters. The largest absolute Gasteiger partial charge is 0.310 e. The minimum atomic E-state index is -0.219. The highest BCUT2D eigenvalue weighted by molar-refractivity contribution is 7.99. The number of nitrogens with zero attached hydrogens (tertiary/aromatic N) is 2. The predicted molar refractivity (Wildman–Crippen MR) is 79.3 cm³/mol. The summed E-state index contributed by atoms with van der Waals surface area (Å²) in [6.45, 7) is 5.07. The number of rotatable bonds is 6. The molecule has 0 saturated carbocycles. The summed E-state index contributed by atoms with van der Waals surface area (Å²) < 4.78 is 14.1. The highest BCUT2D eigenvalue weighted by Crippen LogP contribution is 2.34. The van der Waals surface area contributed by atoms with E-state index in [-0.39, 0.29) is 11.9 Å². The van der Waals surface area contributed by atoms with Gasteiger partial charge in [-0.1, -0.05) is 30.8 Å². The lowest BCUT2D eigenvalue weighted by Gasteiger charge is -2.17. The second-order valence-corrected chi connectivity index (χ2v) is 5.51. The third kappa shape index (κ3) is 3.77. The number of hydrogen-bond acceptors (Lipinski definition) is 4. The number of aromatic nitrogens is 2. The molecule has 3 nitrogen and oxygen atoms in total. The van der Waals surface area contributed by atoms with Crippen LogP contribution in [-0.4, -0.2) is 16.5 Å². The Morgan fingerprint density at radius 3 is 2.90 bits per heavy atom. The molecule has 1 atom stereocenters. The fraction of sp³-hybridized carbons (Fsp3) is 0.333. The van der Waals surface area contributed by atoms with Crippen LogP contribution in [0.2, 0.25) is 0 Å². The van der Waals surface area contributed by atoms with E-state index < -0.39 is 0 Å². The zero-order valence-corrected chi connectivity index (χ0v) is 12.5. The van der Waals surface area contributed by atoms with Gasteiger partial charge in [-0.25, -0.2) is 9.37 Å². The minimum absolute atomic E-state index is 0.102. The van der Waals surface area contributed by atoms with Gasteiger partial charge < -0.3 is 5.32 Å². The topological polar surface area (TPSA) is 37.8 Å². The van der Waals surface area contributed by atoms with Crippen LogP contribution >= 0.6 is 11.8 Å². The Balaban J connectivity index is 2.26. The van der Waals surface area contributed by atoms with Gasteiger partial charge in [-0.3, -0.25) is 4.98 Å². The molecule has 0 radical (unpaired) electrons. The summed E-state index contributed by atoms with van der Waals surface area (Å²) in [7, 11) is 0. The average molecular weight is 291 g/mol. The number of halogens is 1. The van der Waals surface area contributed by atoms with Gasteiger partial charge >= 0.3 is 0 Å². The van der Waals surface area contributed by atoms with Gasteiger partial charge in [-0.15, -0.1) is 0 Å². The van der Waals surface area contributed by atoms with E-state index >= 15 is 0 Å². The van der Waals surface area contributed by atoms with Crippen LogP contribution in [-0.2, 0) is 0 Å². The van der Waals surface area contributed by atoms with Crippen molar-refractivity contribution in [3.05, 3.63) is 48.2 Å². The summed E-state index contributed by atoms with van der Waals surface area (Å²) in [6.07, 6.45) is 5.91. The molecule has 0 saturated heterocycles. The molecular weight excluding hydrogens is 273 g/mol. The summed E-state index contributed by atoms with van der Waals surface area (Å²) in [5.74, 6) is -0.219. The summed E-state index contributed by atoms with van der Waals surface area (Å²) in [6, 6.07) is 5.28. The van der Waals surface area contributed by atoms with Crippen LogP contribution in [0.4, 0.5) is 4.39 Å². The van der Waals surface area contributed by atoms with Gasteiger partial charge in [0.25, 0.3) is 0 Å². The third-order valence-corrected chi connectivity index (χ3v) is 3.97. The maximum Gasteiger partial charge on any atom is 0.137 e. The van der Waals surface area contributed by atoms with E-state index in [1.165, 1.54) is 17.8 Å².